The van der Waals surface area contributed by atoms with Crippen LogP contribution in [0.15, 0.2) is 17.9 Å². The van der Waals surface area contributed by atoms with E-state index >= 15 is 0 Å². The third kappa shape index (κ3) is 3.82. The van der Waals surface area contributed by atoms with Crippen molar-refractivity contribution in [1.29, 1.82) is 0 Å². The number of rotatable bonds is 6. The maximum atomic E-state index is 4.59. The Balaban J connectivity index is 1.42. The van der Waals surface area contributed by atoms with E-state index in [0.29, 0.717) is 5.92 Å². The number of hydrogen-bond donors (Lipinski definition) is 0. The first kappa shape index (κ1) is 18.3. The minimum Gasteiger partial charge on any atom is -0.328 e. The number of aromatic nitrogens is 6. The average molecular weight is 386 g/mol. The molecule has 27 heavy (non-hydrogen) atoms. The van der Waals surface area contributed by atoms with Crippen molar-refractivity contribution in [2.75, 3.05) is 13.1 Å². The van der Waals surface area contributed by atoms with Crippen LogP contribution in [-0.2, 0) is 19.6 Å². The maximum Gasteiger partial charge on any atom is 0.153 e. The van der Waals surface area contributed by atoms with Crippen LogP contribution in [0.4, 0.5) is 0 Å². The van der Waals surface area contributed by atoms with Crippen molar-refractivity contribution in [3.8, 4) is 0 Å². The molecule has 7 nitrogen and oxygen atoms in total. The van der Waals surface area contributed by atoms with Crippen molar-refractivity contribution < 1.29 is 0 Å². The van der Waals surface area contributed by atoms with E-state index in [4.69, 9.17) is 0 Å². The van der Waals surface area contributed by atoms with Gasteiger partial charge in [0.15, 0.2) is 5.82 Å². The van der Waals surface area contributed by atoms with Gasteiger partial charge in [-0.1, -0.05) is 0 Å². The quantitative estimate of drug-likeness (QED) is 0.653. The van der Waals surface area contributed by atoms with Crippen LogP contribution in [0.1, 0.15) is 53.7 Å². The van der Waals surface area contributed by atoms with Crippen molar-refractivity contribution >= 4 is 11.3 Å². The molecule has 0 radical (unpaired) electrons. The predicted octanol–water partition coefficient (Wildman–Crippen LogP) is 3.00. The lowest BCUT2D eigenvalue weighted by atomic mass is 9.95. The van der Waals surface area contributed by atoms with Gasteiger partial charge < -0.3 is 9.13 Å². The summed E-state index contributed by atoms with van der Waals surface area (Å²) in [7, 11) is 0. The van der Waals surface area contributed by atoms with Gasteiger partial charge in [-0.15, -0.1) is 21.5 Å². The van der Waals surface area contributed by atoms with Gasteiger partial charge in [0.25, 0.3) is 0 Å². The molecule has 4 heterocycles. The topological polar surface area (TPSA) is 64.7 Å². The molecule has 1 fully saturated rings. The molecule has 0 N–H and O–H groups in total. The lowest BCUT2D eigenvalue weighted by Gasteiger charge is -2.31. The van der Waals surface area contributed by atoms with Gasteiger partial charge in [0.2, 0.25) is 0 Å². The third-order valence-corrected chi connectivity index (χ3v) is 6.49. The summed E-state index contributed by atoms with van der Waals surface area (Å²) in [6.07, 6.45) is 6.12. The van der Waals surface area contributed by atoms with Gasteiger partial charge in [-0.05, 0) is 46.7 Å². The first-order chi connectivity index (χ1) is 13.2. The van der Waals surface area contributed by atoms with Gasteiger partial charge in [-0.25, -0.2) is 9.97 Å². The zero-order valence-electron chi connectivity index (χ0n) is 16.3. The Labute approximate surface area is 164 Å². The summed E-state index contributed by atoms with van der Waals surface area (Å²) in [5.74, 6) is 3.68. The fourth-order valence-electron chi connectivity index (χ4n) is 3.87. The normalized spacial score (nSPS) is 16.3. The maximum absolute atomic E-state index is 4.59. The number of likely N-dealkylation sites (tertiary alicyclic amines) is 1. The smallest absolute Gasteiger partial charge is 0.153 e. The Morgan fingerprint density at radius 1 is 1.11 bits per heavy atom. The van der Waals surface area contributed by atoms with E-state index in [-0.39, 0.29) is 0 Å². The molecule has 3 aromatic heterocycles. The highest BCUT2D eigenvalue weighted by Gasteiger charge is 2.26. The Bertz CT molecular complexity index is 886. The molecule has 0 saturated carbocycles. The Morgan fingerprint density at radius 3 is 2.56 bits per heavy atom. The van der Waals surface area contributed by atoms with E-state index in [1.54, 1.807) is 11.3 Å². The van der Waals surface area contributed by atoms with E-state index in [0.717, 1.165) is 63.0 Å². The average Bonchev–Trinajstić information content (AvgIpc) is 3.38. The number of nitrogens with zero attached hydrogens (tertiary/aromatic N) is 7. The van der Waals surface area contributed by atoms with Gasteiger partial charge in [0.05, 0.1) is 17.7 Å². The first-order valence-electron chi connectivity index (χ1n) is 9.66. The molecule has 0 unspecified atom stereocenters. The summed E-state index contributed by atoms with van der Waals surface area (Å²) < 4.78 is 4.42. The molecule has 1 aliphatic rings. The molecule has 0 aromatic carbocycles. The van der Waals surface area contributed by atoms with Gasteiger partial charge in [0.1, 0.15) is 11.6 Å². The fourth-order valence-corrected chi connectivity index (χ4v) is 4.68. The van der Waals surface area contributed by atoms with Crippen molar-refractivity contribution in [3.05, 3.63) is 45.9 Å². The predicted molar refractivity (Wildman–Crippen MR) is 106 cm³/mol. The highest BCUT2D eigenvalue weighted by atomic mass is 32.1. The highest BCUT2D eigenvalue weighted by Crippen LogP contribution is 2.29. The highest BCUT2D eigenvalue weighted by molar-refractivity contribution is 7.09. The molecule has 0 bridgehead atoms. The molecule has 0 amide bonds. The molecule has 1 aliphatic heterocycles. The molecule has 8 heteroatoms. The largest absolute Gasteiger partial charge is 0.328 e. The van der Waals surface area contributed by atoms with Crippen LogP contribution in [0, 0.1) is 13.8 Å². The van der Waals surface area contributed by atoms with E-state index in [1.165, 1.54) is 10.6 Å². The Hall–Kier alpha value is -2.06. The summed E-state index contributed by atoms with van der Waals surface area (Å²) in [5, 5.41) is 9.10. The zero-order chi connectivity index (χ0) is 18.8. The summed E-state index contributed by atoms with van der Waals surface area (Å²) >= 11 is 1.77. The standard InChI is InChI=1S/C19H27N7S/c1-4-26-18(12-25-10-7-20-15(25)3)22-23-19(26)16-5-8-24(9-6-16)11-17-14(2)21-13-27-17/h7,10,13,16H,4-6,8-9,11-12H2,1-3H3. The van der Waals surface area contributed by atoms with Crippen LogP contribution in [0.2, 0.25) is 0 Å². The van der Waals surface area contributed by atoms with Crippen molar-refractivity contribution in [3.63, 3.8) is 0 Å². The van der Waals surface area contributed by atoms with Crippen LogP contribution < -0.4 is 0 Å². The number of piperidine rings is 1. The molecular formula is C19H27N7S. The monoisotopic (exact) mass is 385 g/mol. The molecule has 4 rings (SSSR count). The van der Waals surface area contributed by atoms with Crippen LogP contribution >= 0.6 is 11.3 Å². The van der Waals surface area contributed by atoms with Gasteiger partial charge in [-0.2, -0.15) is 0 Å². The van der Waals surface area contributed by atoms with Gasteiger partial charge >= 0.3 is 0 Å². The summed E-state index contributed by atoms with van der Waals surface area (Å²) in [6, 6.07) is 0. The molecule has 1 saturated heterocycles. The second-order valence-corrected chi connectivity index (χ2v) is 8.17. The summed E-state index contributed by atoms with van der Waals surface area (Å²) in [5.41, 5.74) is 3.12. The fraction of sp³-hybridized carbons (Fsp3) is 0.579. The minimum atomic E-state index is 0.494. The Morgan fingerprint density at radius 2 is 1.93 bits per heavy atom. The second-order valence-electron chi connectivity index (χ2n) is 7.23. The van der Waals surface area contributed by atoms with Crippen LogP contribution in [0.25, 0.3) is 0 Å². The SMILES string of the molecule is CCn1c(Cn2ccnc2C)nnc1C1CCN(Cc2scnc2C)CC1. The van der Waals surface area contributed by atoms with E-state index < -0.39 is 0 Å². The lowest BCUT2D eigenvalue weighted by Crippen LogP contribution is -2.33. The molecule has 0 aliphatic carbocycles. The minimum absolute atomic E-state index is 0.494. The molecule has 3 aromatic rings. The van der Waals surface area contributed by atoms with Gasteiger partial charge in [-0.3, -0.25) is 4.90 Å². The number of imidazole rings is 1. The zero-order valence-corrected chi connectivity index (χ0v) is 17.1. The third-order valence-electron chi connectivity index (χ3n) is 5.57. The van der Waals surface area contributed by atoms with Crippen molar-refractivity contribution in [2.45, 2.75) is 59.2 Å². The Kier molecular flexibility index (Phi) is 5.36. The van der Waals surface area contributed by atoms with E-state index in [2.05, 4.69) is 48.0 Å². The van der Waals surface area contributed by atoms with Crippen LogP contribution in [0.3, 0.4) is 0 Å². The summed E-state index contributed by atoms with van der Waals surface area (Å²) in [6.45, 7) is 11.2. The number of hydrogen-bond acceptors (Lipinski definition) is 6. The lowest BCUT2D eigenvalue weighted by molar-refractivity contribution is 0.201. The molecule has 0 spiro atoms. The first-order valence-corrected chi connectivity index (χ1v) is 10.5. The van der Waals surface area contributed by atoms with Crippen LogP contribution in [-0.4, -0.2) is 47.3 Å². The number of aryl methyl sites for hydroxylation is 2. The van der Waals surface area contributed by atoms with Crippen molar-refractivity contribution in [1.82, 2.24) is 34.2 Å². The summed E-state index contributed by atoms with van der Waals surface area (Å²) in [4.78, 5) is 12.6. The van der Waals surface area contributed by atoms with Crippen molar-refractivity contribution in [2.24, 2.45) is 0 Å². The molecular weight excluding hydrogens is 358 g/mol. The second kappa shape index (κ2) is 7.90. The molecule has 0 atom stereocenters. The van der Waals surface area contributed by atoms with Gasteiger partial charge in [0, 0.05) is 36.3 Å². The van der Waals surface area contributed by atoms with E-state index in [1.807, 2.05) is 24.8 Å². The number of thiazole rings is 1. The van der Waals surface area contributed by atoms with Crippen LogP contribution in [0.5, 0.6) is 0 Å². The van der Waals surface area contributed by atoms with E-state index in [9.17, 15) is 0 Å². The molecule has 144 valence electrons.